The zero-order valence-corrected chi connectivity index (χ0v) is 9.24. The lowest BCUT2D eigenvalue weighted by molar-refractivity contribution is -0.140. The van der Waals surface area contributed by atoms with E-state index in [0.29, 0.717) is 18.8 Å². The summed E-state index contributed by atoms with van der Waals surface area (Å²) in [6.45, 7) is 0.516. The first kappa shape index (κ1) is 12.5. The van der Waals surface area contributed by atoms with Crippen LogP contribution in [0.5, 0.6) is 5.75 Å². The third kappa shape index (κ3) is 4.77. The van der Waals surface area contributed by atoms with Crippen LogP contribution >= 0.6 is 0 Å². The number of benzene rings is 1. The average Bonchev–Trinajstić information content (AvgIpc) is 2.31. The van der Waals surface area contributed by atoms with Crippen molar-refractivity contribution in [2.75, 3.05) is 13.7 Å². The molecule has 0 aromatic heterocycles. The summed E-state index contributed by atoms with van der Waals surface area (Å²) in [6, 6.07) is 5.86. The van der Waals surface area contributed by atoms with Gasteiger partial charge in [-0.15, -0.1) is 0 Å². The van der Waals surface area contributed by atoms with Gasteiger partial charge in [0.25, 0.3) is 0 Å². The Morgan fingerprint density at radius 1 is 1.25 bits per heavy atom. The van der Waals surface area contributed by atoms with E-state index in [0.717, 1.165) is 12.8 Å². The molecule has 0 aliphatic carbocycles. The Morgan fingerprint density at radius 3 is 2.56 bits per heavy atom. The molecular formula is C12H15FO3. The van der Waals surface area contributed by atoms with Gasteiger partial charge >= 0.3 is 5.97 Å². The van der Waals surface area contributed by atoms with Gasteiger partial charge in [-0.2, -0.15) is 0 Å². The molecule has 0 saturated carbocycles. The van der Waals surface area contributed by atoms with Gasteiger partial charge in [-0.1, -0.05) is 0 Å². The van der Waals surface area contributed by atoms with E-state index in [1.54, 1.807) is 12.1 Å². The number of halogens is 1. The van der Waals surface area contributed by atoms with Crippen LogP contribution in [0.25, 0.3) is 0 Å². The Bertz CT molecular complexity index is 322. The van der Waals surface area contributed by atoms with E-state index in [9.17, 15) is 9.18 Å². The lowest BCUT2D eigenvalue weighted by Gasteiger charge is -2.05. The molecule has 0 bridgehead atoms. The van der Waals surface area contributed by atoms with Crippen molar-refractivity contribution in [3.63, 3.8) is 0 Å². The summed E-state index contributed by atoms with van der Waals surface area (Å²) < 4.78 is 22.4. The van der Waals surface area contributed by atoms with Gasteiger partial charge in [-0.3, -0.25) is 4.79 Å². The monoisotopic (exact) mass is 226 g/mol. The van der Waals surface area contributed by atoms with E-state index in [-0.39, 0.29) is 11.8 Å². The molecule has 0 unspecified atom stereocenters. The molecule has 4 heteroatoms. The quantitative estimate of drug-likeness (QED) is 0.552. The van der Waals surface area contributed by atoms with Crippen molar-refractivity contribution >= 4 is 5.97 Å². The molecule has 0 aliphatic heterocycles. The standard InChI is InChI=1S/C12H15FO3/c1-15-12(14)4-2-3-9-16-11-7-5-10(13)6-8-11/h5-8H,2-4,9H2,1H3. The fourth-order valence-electron chi connectivity index (χ4n) is 1.19. The number of carbonyl (C=O) groups is 1. The molecular weight excluding hydrogens is 211 g/mol. The minimum absolute atomic E-state index is 0.207. The number of carbonyl (C=O) groups excluding carboxylic acids is 1. The number of esters is 1. The Labute approximate surface area is 94.2 Å². The van der Waals surface area contributed by atoms with Crippen LogP contribution in [0.2, 0.25) is 0 Å². The molecule has 0 fully saturated rings. The van der Waals surface area contributed by atoms with E-state index in [2.05, 4.69) is 4.74 Å². The maximum Gasteiger partial charge on any atom is 0.305 e. The Kier molecular flexibility index (Phi) is 5.32. The zero-order chi connectivity index (χ0) is 11.8. The molecule has 1 aromatic rings. The molecule has 0 N–H and O–H groups in total. The highest BCUT2D eigenvalue weighted by molar-refractivity contribution is 5.68. The number of rotatable bonds is 6. The van der Waals surface area contributed by atoms with Gasteiger partial charge in [-0.25, -0.2) is 4.39 Å². The second-order valence-electron chi connectivity index (χ2n) is 3.34. The van der Waals surface area contributed by atoms with Crippen LogP contribution in [0, 0.1) is 5.82 Å². The summed E-state index contributed by atoms with van der Waals surface area (Å²) in [4.78, 5) is 10.8. The number of ether oxygens (including phenoxy) is 2. The highest BCUT2D eigenvalue weighted by Crippen LogP contribution is 2.11. The van der Waals surface area contributed by atoms with E-state index >= 15 is 0 Å². The van der Waals surface area contributed by atoms with Gasteiger partial charge in [0.15, 0.2) is 0 Å². The molecule has 0 radical (unpaired) electrons. The molecule has 1 aromatic carbocycles. The summed E-state index contributed by atoms with van der Waals surface area (Å²) in [7, 11) is 1.37. The van der Waals surface area contributed by atoms with Crippen molar-refractivity contribution in [2.24, 2.45) is 0 Å². The van der Waals surface area contributed by atoms with Crippen LogP contribution in [0.15, 0.2) is 24.3 Å². The van der Waals surface area contributed by atoms with Gasteiger partial charge in [0.05, 0.1) is 13.7 Å². The fourth-order valence-corrected chi connectivity index (χ4v) is 1.19. The van der Waals surface area contributed by atoms with Gasteiger partial charge in [0.1, 0.15) is 11.6 Å². The van der Waals surface area contributed by atoms with Gasteiger partial charge in [0.2, 0.25) is 0 Å². The third-order valence-electron chi connectivity index (χ3n) is 2.09. The van der Waals surface area contributed by atoms with Gasteiger partial charge < -0.3 is 9.47 Å². The lowest BCUT2D eigenvalue weighted by Crippen LogP contribution is -2.02. The van der Waals surface area contributed by atoms with Crippen molar-refractivity contribution in [2.45, 2.75) is 19.3 Å². The van der Waals surface area contributed by atoms with Crippen LogP contribution in [0.3, 0.4) is 0 Å². The molecule has 1 rings (SSSR count). The van der Waals surface area contributed by atoms with Crippen LogP contribution < -0.4 is 4.74 Å². The van der Waals surface area contributed by atoms with Gasteiger partial charge in [0, 0.05) is 6.42 Å². The Morgan fingerprint density at radius 2 is 1.94 bits per heavy atom. The van der Waals surface area contributed by atoms with Crippen molar-refractivity contribution in [1.29, 1.82) is 0 Å². The molecule has 0 saturated heterocycles. The summed E-state index contributed by atoms with van der Waals surface area (Å²) in [5.74, 6) is 0.152. The first-order chi connectivity index (χ1) is 7.72. The van der Waals surface area contributed by atoms with Crippen LogP contribution in [-0.4, -0.2) is 19.7 Å². The topological polar surface area (TPSA) is 35.5 Å². The third-order valence-corrected chi connectivity index (χ3v) is 2.09. The number of methoxy groups -OCH3 is 1. The smallest absolute Gasteiger partial charge is 0.305 e. The number of unbranched alkanes of at least 4 members (excludes halogenated alkanes) is 1. The predicted molar refractivity (Wildman–Crippen MR) is 57.8 cm³/mol. The van der Waals surface area contributed by atoms with E-state index in [1.807, 2.05) is 0 Å². The summed E-state index contributed by atoms with van der Waals surface area (Å²) >= 11 is 0. The normalized spacial score (nSPS) is 9.88. The van der Waals surface area contributed by atoms with Crippen LogP contribution in [0.4, 0.5) is 4.39 Å². The minimum Gasteiger partial charge on any atom is -0.494 e. The SMILES string of the molecule is COC(=O)CCCCOc1ccc(F)cc1. The van der Waals surface area contributed by atoms with E-state index < -0.39 is 0 Å². The molecule has 0 atom stereocenters. The molecule has 0 amide bonds. The van der Waals surface area contributed by atoms with Gasteiger partial charge in [-0.05, 0) is 37.1 Å². The molecule has 0 aliphatic rings. The summed E-state index contributed by atoms with van der Waals surface area (Å²) in [5.41, 5.74) is 0. The lowest BCUT2D eigenvalue weighted by atomic mass is 10.2. The molecule has 0 heterocycles. The largest absolute Gasteiger partial charge is 0.494 e. The first-order valence-corrected chi connectivity index (χ1v) is 5.17. The molecule has 88 valence electrons. The van der Waals surface area contributed by atoms with Crippen LogP contribution in [0.1, 0.15) is 19.3 Å². The molecule has 3 nitrogen and oxygen atoms in total. The molecule has 16 heavy (non-hydrogen) atoms. The maximum absolute atomic E-state index is 12.6. The highest BCUT2D eigenvalue weighted by Gasteiger charge is 1.99. The maximum atomic E-state index is 12.6. The average molecular weight is 226 g/mol. The minimum atomic E-state index is -0.280. The summed E-state index contributed by atoms with van der Waals surface area (Å²) in [6.07, 6.45) is 1.91. The van der Waals surface area contributed by atoms with E-state index in [4.69, 9.17) is 4.74 Å². The predicted octanol–water partition coefficient (Wildman–Crippen LogP) is 2.55. The Balaban J connectivity index is 2.11. The van der Waals surface area contributed by atoms with Crippen molar-refractivity contribution in [3.8, 4) is 5.75 Å². The summed E-state index contributed by atoms with van der Waals surface area (Å²) in [5, 5.41) is 0. The van der Waals surface area contributed by atoms with E-state index in [1.165, 1.54) is 19.2 Å². The van der Waals surface area contributed by atoms with Crippen LogP contribution in [-0.2, 0) is 9.53 Å². The molecule has 0 spiro atoms. The Hall–Kier alpha value is -1.58. The fraction of sp³-hybridized carbons (Fsp3) is 0.417. The number of hydrogen-bond donors (Lipinski definition) is 0. The second kappa shape index (κ2) is 6.82. The van der Waals surface area contributed by atoms with Crippen molar-refractivity contribution in [3.05, 3.63) is 30.1 Å². The van der Waals surface area contributed by atoms with Crippen molar-refractivity contribution < 1.29 is 18.7 Å². The zero-order valence-electron chi connectivity index (χ0n) is 9.24. The second-order valence-corrected chi connectivity index (χ2v) is 3.34. The number of hydrogen-bond acceptors (Lipinski definition) is 3. The first-order valence-electron chi connectivity index (χ1n) is 5.17. The highest BCUT2D eigenvalue weighted by atomic mass is 19.1. The van der Waals surface area contributed by atoms with Crippen molar-refractivity contribution in [1.82, 2.24) is 0 Å².